The second-order valence-corrected chi connectivity index (χ2v) is 3.81. The van der Waals surface area contributed by atoms with Crippen LogP contribution in [0.2, 0.25) is 0 Å². The van der Waals surface area contributed by atoms with Gasteiger partial charge in [0.05, 0.1) is 0 Å². The van der Waals surface area contributed by atoms with E-state index in [0.717, 1.165) is 16.5 Å². The van der Waals surface area contributed by atoms with Crippen molar-refractivity contribution in [3.8, 4) is 11.6 Å². The molecule has 4 heteroatoms. The molecule has 4 nitrogen and oxygen atoms in total. The lowest BCUT2D eigenvalue weighted by Crippen LogP contribution is -1.76. The highest BCUT2D eigenvalue weighted by Crippen LogP contribution is 2.29. The molecule has 0 aliphatic rings. The molecule has 0 aliphatic heterocycles. The third-order valence-electron chi connectivity index (χ3n) is 2.68. The molecule has 2 heterocycles. The highest BCUT2D eigenvalue weighted by atomic mass is 16.5. The van der Waals surface area contributed by atoms with Crippen LogP contribution in [0.15, 0.2) is 33.5 Å². The minimum atomic E-state index is 0.481. The first-order valence-corrected chi connectivity index (χ1v) is 5.02. The summed E-state index contributed by atoms with van der Waals surface area (Å²) >= 11 is 0. The van der Waals surface area contributed by atoms with Crippen LogP contribution < -0.4 is 0 Å². The van der Waals surface area contributed by atoms with Crippen LogP contribution in [0.25, 0.3) is 22.6 Å². The Bertz CT molecular complexity index is 599. The van der Waals surface area contributed by atoms with Crippen molar-refractivity contribution in [2.24, 2.45) is 0 Å². The minimum Gasteiger partial charge on any atom is -0.452 e. The van der Waals surface area contributed by atoms with Gasteiger partial charge in [-0.25, -0.2) is 0 Å². The molecule has 0 radical (unpaired) electrons. The summed E-state index contributed by atoms with van der Waals surface area (Å²) < 4.78 is 10.4. The van der Waals surface area contributed by atoms with E-state index in [1.165, 1.54) is 12.0 Å². The first-order valence-electron chi connectivity index (χ1n) is 5.02. The molecule has 0 unspecified atom stereocenters. The van der Waals surface area contributed by atoms with Crippen molar-refractivity contribution in [2.75, 3.05) is 0 Å². The number of aromatic nitrogens is 2. The highest BCUT2D eigenvalue weighted by molar-refractivity contribution is 5.87. The lowest BCUT2D eigenvalue weighted by Gasteiger charge is -1.96. The van der Waals surface area contributed by atoms with Gasteiger partial charge in [-0.2, -0.15) is 4.98 Å². The Morgan fingerprint density at radius 3 is 2.62 bits per heavy atom. The number of nitrogens with zero attached hydrogens (tertiary/aromatic N) is 2. The maximum atomic E-state index is 5.74. The number of hydrogen-bond acceptors (Lipinski definition) is 4. The molecule has 2 aromatic heterocycles. The Morgan fingerprint density at radius 2 is 1.94 bits per heavy atom. The van der Waals surface area contributed by atoms with Crippen LogP contribution in [0.1, 0.15) is 11.1 Å². The Balaban J connectivity index is 2.31. The molecule has 0 saturated heterocycles. The highest BCUT2D eigenvalue weighted by Gasteiger charge is 2.12. The SMILES string of the molecule is Cc1ccc(C)c2oc(-c3ncon3)cc12. The average molecular weight is 214 g/mol. The smallest absolute Gasteiger partial charge is 0.237 e. The number of rotatable bonds is 1. The molecule has 80 valence electrons. The fourth-order valence-electron chi connectivity index (χ4n) is 1.78. The van der Waals surface area contributed by atoms with Crippen LogP contribution >= 0.6 is 0 Å². The third-order valence-corrected chi connectivity index (χ3v) is 2.68. The summed E-state index contributed by atoms with van der Waals surface area (Å²) in [6.07, 6.45) is 1.29. The van der Waals surface area contributed by atoms with Crippen LogP contribution in [-0.2, 0) is 0 Å². The summed E-state index contributed by atoms with van der Waals surface area (Å²) in [4.78, 5) is 3.97. The molecule has 0 spiro atoms. The molecule has 16 heavy (non-hydrogen) atoms. The summed E-state index contributed by atoms with van der Waals surface area (Å²) in [5.74, 6) is 1.12. The van der Waals surface area contributed by atoms with Gasteiger partial charge in [0.15, 0.2) is 5.76 Å². The van der Waals surface area contributed by atoms with E-state index >= 15 is 0 Å². The Morgan fingerprint density at radius 1 is 1.12 bits per heavy atom. The fourth-order valence-corrected chi connectivity index (χ4v) is 1.78. The normalized spacial score (nSPS) is 11.1. The molecule has 0 saturated carbocycles. The Kier molecular flexibility index (Phi) is 1.83. The van der Waals surface area contributed by atoms with Crippen molar-refractivity contribution in [2.45, 2.75) is 13.8 Å². The molecule has 0 fully saturated rings. The van der Waals surface area contributed by atoms with E-state index in [2.05, 4.69) is 23.1 Å². The number of benzene rings is 1. The van der Waals surface area contributed by atoms with Gasteiger partial charge in [0.1, 0.15) is 5.58 Å². The fraction of sp³-hybridized carbons (Fsp3) is 0.167. The van der Waals surface area contributed by atoms with E-state index in [0.29, 0.717) is 11.6 Å². The van der Waals surface area contributed by atoms with Gasteiger partial charge in [0.2, 0.25) is 12.2 Å². The molecule has 3 rings (SSSR count). The standard InChI is InChI=1S/C12H10N2O2/c1-7-3-4-8(2)11-9(7)5-10(16-11)12-13-6-15-14-12/h3-6H,1-2H3. The molecular weight excluding hydrogens is 204 g/mol. The maximum Gasteiger partial charge on any atom is 0.237 e. The number of aryl methyl sites for hydroxylation is 2. The molecule has 1 aromatic carbocycles. The van der Waals surface area contributed by atoms with Gasteiger partial charge in [0.25, 0.3) is 0 Å². The van der Waals surface area contributed by atoms with Crippen molar-refractivity contribution in [3.63, 3.8) is 0 Å². The van der Waals surface area contributed by atoms with E-state index in [1.54, 1.807) is 0 Å². The summed E-state index contributed by atoms with van der Waals surface area (Å²) in [5.41, 5.74) is 3.18. The van der Waals surface area contributed by atoms with Crippen LogP contribution in [-0.4, -0.2) is 10.1 Å². The van der Waals surface area contributed by atoms with Gasteiger partial charge >= 0.3 is 0 Å². The van der Waals surface area contributed by atoms with Crippen LogP contribution in [0, 0.1) is 13.8 Å². The largest absolute Gasteiger partial charge is 0.452 e. The van der Waals surface area contributed by atoms with Crippen LogP contribution in [0.4, 0.5) is 0 Å². The quantitative estimate of drug-likeness (QED) is 0.624. The first-order chi connectivity index (χ1) is 7.75. The summed E-state index contributed by atoms with van der Waals surface area (Å²) in [5, 5.41) is 4.86. The summed E-state index contributed by atoms with van der Waals surface area (Å²) in [6.45, 7) is 4.07. The molecule has 0 aliphatic carbocycles. The third kappa shape index (κ3) is 1.23. The van der Waals surface area contributed by atoms with Gasteiger partial charge in [-0.1, -0.05) is 17.3 Å². The molecule has 0 N–H and O–H groups in total. The molecule has 3 aromatic rings. The molecule has 0 amide bonds. The second kappa shape index (κ2) is 3.20. The van der Waals surface area contributed by atoms with Crippen LogP contribution in [0.3, 0.4) is 0 Å². The topological polar surface area (TPSA) is 52.1 Å². The maximum absolute atomic E-state index is 5.74. The lowest BCUT2D eigenvalue weighted by atomic mass is 10.1. The number of furan rings is 1. The molecule has 0 bridgehead atoms. The van der Waals surface area contributed by atoms with E-state index in [4.69, 9.17) is 8.94 Å². The lowest BCUT2D eigenvalue weighted by molar-refractivity contribution is 0.417. The molecule has 0 atom stereocenters. The van der Waals surface area contributed by atoms with Crippen molar-refractivity contribution < 1.29 is 8.94 Å². The Hall–Kier alpha value is -2.10. The van der Waals surface area contributed by atoms with Gasteiger partial charge in [0, 0.05) is 5.39 Å². The van der Waals surface area contributed by atoms with Crippen molar-refractivity contribution in [1.29, 1.82) is 0 Å². The molecular formula is C12H10N2O2. The summed E-state index contributed by atoms with van der Waals surface area (Å²) in [7, 11) is 0. The van der Waals surface area contributed by atoms with Crippen molar-refractivity contribution >= 4 is 11.0 Å². The van der Waals surface area contributed by atoms with Gasteiger partial charge in [-0.3, -0.25) is 0 Å². The van der Waals surface area contributed by atoms with Gasteiger partial charge in [-0.05, 0) is 31.0 Å². The summed E-state index contributed by atoms with van der Waals surface area (Å²) in [6, 6.07) is 6.07. The monoisotopic (exact) mass is 214 g/mol. The predicted molar refractivity (Wildman–Crippen MR) is 59.0 cm³/mol. The van der Waals surface area contributed by atoms with Gasteiger partial charge in [-0.15, -0.1) is 0 Å². The minimum absolute atomic E-state index is 0.481. The van der Waals surface area contributed by atoms with Gasteiger partial charge < -0.3 is 8.94 Å². The van der Waals surface area contributed by atoms with E-state index in [9.17, 15) is 0 Å². The zero-order valence-corrected chi connectivity index (χ0v) is 9.02. The predicted octanol–water partition coefficient (Wildman–Crippen LogP) is 3.10. The first kappa shape index (κ1) is 9.15. The van der Waals surface area contributed by atoms with E-state index < -0.39 is 0 Å². The zero-order valence-electron chi connectivity index (χ0n) is 9.02. The number of fused-ring (bicyclic) bond motifs is 1. The van der Waals surface area contributed by atoms with Crippen molar-refractivity contribution in [1.82, 2.24) is 10.1 Å². The van der Waals surface area contributed by atoms with Crippen LogP contribution in [0.5, 0.6) is 0 Å². The van der Waals surface area contributed by atoms with Crippen molar-refractivity contribution in [3.05, 3.63) is 35.7 Å². The number of hydrogen-bond donors (Lipinski definition) is 0. The average Bonchev–Trinajstić information content (AvgIpc) is 2.90. The second-order valence-electron chi connectivity index (χ2n) is 3.81. The Labute approximate surface area is 91.9 Å². The zero-order chi connectivity index (χ0) is 11.1. The van der Waals surface area contributed by atoms with E-state index in [-0.39, 0.29) is 0 Å². The van der Waals surface area contributed by atoms with E-state index in [1.807, 2.05) is 19.1 Å².